The Hall–Kier alpha value is -3.21. The maximum atomic E-state index is 12.9. The molecular formula is C23H25N3O5S2. The van der Waals surface area contributed by atoms with Gasteiger partial charge >= 0.3 is 0 Å². The van der Waals surface area contributed by atoms with Crippen LogP contribution >= 0.6 is 0 Å². The minimum absolute atomic E-state index is 0.0551. The zero-order valence-corrected chi connectivity index (χ0v) is 20.0. The van der Waals surface area contributed by atoms with Crippen LogP contribution in [0.1, 0.15) is 36.7 Å². The molecule has 0 fully saturated rings. The van der Waals surface area contributed by atoms with Crippen molar-refractivity contribution < 1.29 is 21.6 Å². The maximum absolute atomic E-state index is 12.9. The van der Waals surface area contributed by atoms with Crippen LogP contribution in [0, 0.1) is 0 Å². The molecule has 0 spiro atoms. The highest BCUT2D eigenvalue weighted by molar-refractivity contribution is 7.93. The molecule has 4 N–H and O–H groups in total. The number of rotatable bonds is 6. The van der Waals surface area contributed by atoms with Crippen LogP contribution in [0.3, 0.4) is 0 Å². The summed E-state index contributed by atoms with van der Waals surface area (Å²) in [7, 11) is -8.24. The molecule has 8 nitrogen and oxygen atoms in total. The smallest absolute Gasteiger partial charge is 0.262 e. The first-order valence-electron chi connectivity index (χ1n) is 9.94. The minimum atomic E-state index is -4.16. The van der Waals surface area contributed by atoms with E-state index < -0.39 is 26.0 Å². The topological polar surface area (TPSA) is 135 Å². The average molecular weight is 488 g/mol. The van der Waals surface area contributed by atoms with Crippen LogP contribution in [0.15, 0.2) is 82.6 Å². The van der Waals surface area contributed by atoms with Gasteiger partial charge in [-0.1, -0.05) is 51.1 Å². The van der Waals surface area contributed by atoms with Crippen molar-refractivity contribution in [1.29, 1.82) is 0 Å². The van der Waals surface area contributed by atoms with E-state index in [4.69, 9.17) is 5.14 Å². The van der Waals surface area contributed by atoms with Crippen molar-refractivity contribution in [2.75, 3.05) is 10.0 Å². The fourth-order valence-corrected chi connectivity index (χ4v) is 4.78. The first kappa shape index (κ1) is 24.4. The van der Waals surface area contributed by atoms with E-state index in [-0.39, 0.29) is 26.6 Å². The number of nitrogens with one attached hydrogen (secondary N) is 2. The summed E-state index contributed by atoms with van der Waals surface area (Å²) in [5.41, 5.74) is 1.81. The Morgan fingerprint density at radius 2 is 1.36 bits per heavy atom. The predicted molar refractivity (Wildman–Crippen MR) is 128 cm³/mol. The summed E-state index contributed by atoms with van der Waals surface area (Å²) in [6, 6.07) is 18.2. The van der Waals surface area contributed by atoms with Crippen molar-refractivity contribution in [2.45, 2.75) is 36.0 Å². The molecule has 10 heteroatoms. The van der Waals surface area contributed by atoms with Crippen molar-refractivity contribution in [1.82, 2.24) is 0 Å². The summed E-state index contributed by atoms with van der Waals surface area (Å²) in [4.78, 5) is 12.1. The summed E-state index contributed by atoms with van der Waals surface area (Å²) >= 11 is 0. The molecule has 0 aliphatic heterocycles. The van der Waals surface area contributed by atoms with Crippen molar-refractivity contribution in [2.24, 2.45) is 5.14 Å². The van der Waals surface area contributed by atoms with Gasteiger partial charge in [-0.05, 0) is 53.4 Å². The number of sulfonamides is 2. The molecule has 0 atom stereocenters. The molecule has 174 valence electrons. The lowest BCUT2D eigenvalue weighted by Crippen LogP contribution is -2.18. The largest absolute Gasteiger partial charge is 0.320 e. The molecule has 0 unspecified atom stereocenters. The summed E-state index contributed by atoms with van der Waals surface area (Å²) < 4.78 is 51.3. The number of carbonyl (C=O) groups excluding carboxylic acids is 1. The van der Waals surface area contributed by atoms with Gasteiger partial charge in [-0.3, -0.25) is 9.52 Å². The lowest BCUT2D eigenvalue weighted by molar-refractivity contribution is 0.102. The van der Waals surface area contributed by atoms with Crippen molar-refractivity contribution >= 4 is 37.3 Å². The van der Waals surface area contributed by atoms with Gasteiger partial charge in [0.2, 0.25) is 10.0 Å². The van der Waals surface area contributed by atoms with Gasteiger partial charge in [-0.2, -0.15) is 0 Å². The quantitative estimate of drug-likeness (QED) is 0.487. The Kier molecular flexibility index (Phi) is 6.64. The van der Waals surface area contributed by atoms with Gasteiger partial charge in [-0.15, -0.1) is 0 Å². The number of hydrogen-bond acceptors (Lipinski definition) is 5. The Balaban J connectivity index is 1.86. The highest BCUT2D eigenvalue weighted by atomic mass is 32.2. The van der Waals surface area contributed by atoms with E-state index in [0.717, 1.165) is 11.6 Å². The van der Waals surface area contributed by atoms with Crippen LogP contribution in [-0.4, -0.2) is 22.7 Å². The zero-order valence-electron chi connectivity index (χ0n) is 18.4. The summed E-state index contributed by atoms with van der Waals surface area (Å²) in [5, 5.41) is 7.81. The molecule has 3 rings (SSSR count). The standard InChI is InChI=1S/C23H25N3O5S2/c1-23(2,3)17-13-11-16(12-14-17)22(27)25-20-9-4-5-10-21(20)26-33(30,31)19-8-6-7-18(15-19)32(24,28)29/h4-15,26H,1-3H3,(H,25,27)(H2,24,28,29). The number of carbonyl (C=O) groups is 1. The second kappa shape index (κ2) is 8.97. The molecule has 0 heterocycles. The Morgan fingerprint density at radius 1 is 0.788 bits per heavy atom. The highest BCUT2D eigenvalue weighted by Crippen LogP contribution is 2.27. The van der Waals surface area contributed by atoms with Gasteiger partial charge in [0.05, 0.1) is 21.2 Å². The fraction of sp³-hybridized carbons (Fsp3) is 0.174. The summed E-state index contributed by atoms with van der Waals surface area (Å²) in [5.74, 6) is -0.404. The molecule has 0 saturated carbocycles. The number of para-hydroxylation sites is 2. The van der Waals surface area contributed by atoms with E-state index in [0.29, 0.717) is 5.56 Å². The molecule has 0 aliphatic rings. The second-order valence-electron chi connectivity index (χ2n) is 8.45. The van der Waals surface area contributed by atoms with E-state index in [1.807, 2.05) is 12.1 Å². The maximum Gasteiger partial charge on any atom is 0.262 e. The number of benzene rings is 3. The molecule has 0 saturated heterocycles. The minimum Gasteiger partial charge on any atom is -0.320 e. The van der Waals surface area contributed by atoms with Gasteiger partial charge in [0.25, 0.3) is 15.9 Å². The molecule has 1 amide bonds. The van der Waals surface area contributed by atoms with Crippen LogP contribution in [0.25, 0.3) is 0 Å². The van der Waals surface area contributed by atoms with E-state index >= 15 is 0 Å². The summed E-state index contributed by atoms with van der Waals surface area (Å²) in [6.45, 7) is 6.22. The SMILES string of the molecule is CC(C)(C)c1ccc(C(=O)Nc2ccccc2NS(=O)(=O)c2cccc(S(N)(=O)=O)c2)cc1. The third kappa shape index (κ3) is 5.98. The van der Waals surface area contributed by atoms with Crippen LogP contribution in [0.5, 0.6) is 0 Å². The molecule has 0 bridgehead atoms. The lowest BCUT2D eigenvalue weighted by Gasteiger charge is -2.19. The first-order valence-corrected chi connectivity index (χ1v) is 13.0. The Labute approximate surface area is 193 Å². The van der Waals surface area contributed by atoms with Crippen LogP contribution < -0.4 is 15.2 Å². The van der Waals surface area contributed by atoms with Gasteiger partial charge < -0.3 is 5.32 Å². The van der Waals surface area contributed by atoms with Crippen LogP contribution in [0.2, 0.25) is 0 Å². The second-order valence-corrected chi connectivity index (χ2v) is 11.7. The molecule has 3 aromatic rings. The van der Waals surface area contributed by atoms with E-state index in [1.54, 1.807) is 30.3 Å². The lowest BCUT2D eigenvalue weighted by atomic mass is 9.87. The molecule has 0 aliphatic carbocycles. The number of hydrogen-bond donors (Lipinski definition) is 3. The number of anilines is 2. The molecule has 3 aromatic carbocycles. The monoisotopic (exact) mass is 487 g/mol. The Bertz CT molecular complexity index is 1390. The number of nitrogens with two attached hydrogens (primary N) is 1. The normalized spacial score (nSPS) is 12.2. The van der Waals surface area contributed by atoms with Crippen LogP contribution in [-0.2, 0) is 25.5 Å². The van der Waals surface area contributed by atoms with Gasteiger partial charge in [0.1, 0.15) is 0 Å². The van der Waals surface area contributed by atoms with Gasteiger partial charge in [-0.25, -0.2) is 22.0 Å². The number of amides is 1. The van der Waals surface area contributed by atoms with E-state index in [2.05, 4.69) is 30.8 Å². The van der Waals surface area contributed by atoms with E-state index in [9.17, 15) is 21.6 Å². The highest BCUT2D eigenvalue weighted by Gasteiger charge is 2.20. The van der Waals surface area contributed by atoms with Crippen molar-refractivity contribution in [3.63, 3.8) is 0 Å². The van der Waals surface area contributed by atoms with E-state index in [1.165, 1.54) is 24.3 Å². The van der Waals surface area contributed by atoms with Gasteiger partial charge in [0.15, 0.2) is 0 Å². The predicted octanol–water partition coefficient (Wildman–Crippen LogP) is 3.68. The molecule has 33 heavy (non-hydrogen) atoms. The zero-order chi connectivity index (χ0) is 24.4. The molecule has 0 aromatic heterocycles. The van der Waals surface area contributed by atoms with Crippen LogP contribution in [0.4, 0.5) is 11.4 Å². The average Bonchev–Trinajstić information content (AvgIpc) is 2.74. The third-order valence-corrected chi connectivity index (χ3v) is 7.15. The van der Waals surface area contributed by atoms with Gasteiger partial charge in [0, 0.05) is 5.56 Å². The van der Waals surface area contributed by atoms with Crippen molar-refractivity contribution in [3.8, 4) is 0 Å². The Morgan fingerprint density at radius 3 is 1.94 bits per heavy atom. The third-order valence-electron chi connectivity index (χ3n) is 4.88. The first-order chi connectivity index (χ1) is 15.3. The summed E-state index contributed by atoms with van der Waals surface area (Å²) in [6.07, 6.45) is 0. The molecular weight excluding hydrogens is 462 g/mol. The van der Waals surface area contributed by atoms with Crippen molar-refractivity contribution in [3.05, 3.63) is 83.9 Å². The number of primary sulfonamides is 1. The molecule has 0 radical (unpaired) electrons. The fourth-order valence-electron chi connectivity index (χ4n) is 3.02.